The van der Waals surface area contributed by atoms with E-state index in [1.807, 2.05) is 28.9 Å². The van der Waals surface area contributed by atoms with Gasteiger partial charge in [0.1, 0.15) is 12.1 Å². The van der Waals surface area contributed by atoms with Gasteiger partial charge in [0.25, 0.3) is 0 Å². The van der Waals surface area contributed by atoms with Crippen LogP contribution in [0.4, 0.5) is 0 Å². The Hall–Kier alpha value is -2.62. The van der Waals surface area contributed by atoms with Crippen LogP contribution in [0.1, 0.15) is 26.3 Å². The molecule has 23 heavy (non-hydrogen) atoms. The average Bonchev–Trinajstić information content (AvgIpc) is 3.04. The normalized spacial score (nSPS) is 11.5. The van der Waals surface area contributed by atoms with Crippen LogP contribution in [0.15, 0.2) is 54.9 Å². The van der Waals surface area contributed by atoms with E-state index in [9.17, 15) is 0 Å². The van der Waals surface area contributed by atoms with E-state index in [2.05, 4.69) is 55.1 Å². The lowest BCUT2D eigenvalue weighted by atomic mass is 9.87. The second-order valence-electron chi connectivity index (χ2n) is 6.52. The van der Waals surface area contributed by atoms with Crippen molar-refractivity contribution in [3.8, 4) is 22.8 Å². The van der Waals surface area contributed by atoms with Gasteiger partial charge in [-0.2, -0.15) is 5.10 Å². The van der Waals surface area contributed by atoms with E-state index in [0.29, 0.717) is 0 Å². The van der Waals surface area contributed by atoms with Crippen molar-refractivity contribution in [2.45, 2.75) is 26.2 Å². The maximum atomic E-state index is 5.29. The van der Waals surface area contributed by atoms with Crippen molar-refractivity contribution in [1.29, 1.82) is 0 Å². The molecule has 4 heteroatoms. The van der Waals surface area contributed by atoms with Gasteiger partial charge in [-0.1, -0.05) is 51.1 Å². The molecule has 0 unspecified atom stereocenters. The van der Waals surface area contributed by atoms with Gasteiger partial charge in [-0.15, -0.1) is 0 Å². The molecule has 0 radical (unpaired) electrons. The minimum Gasteiger partial charge on any atom is -0.497 e. The fourth-order valence-electron chi connectivity index (χ4n) is 2.49. The second-order valence-corrected chi connectivity index (χ2v) is 6.52. The third-order valence-corrected chi connectivity index (χ3v) is 3.85. The maximum absolute atomic E-state index is 5.29. The zero-order valence-electron chi connectivity index (χ0n) is 13.9. The monoisotopic (exact) mass is 307 g/mol. The molecule has 0 saturated heterocycles. The zero-order valence-corrected chi connectivity index (χ0v) is 13.9. The number of hydrogen-bond donors (Lipinski definition) is 0. The van der Waals surface area contributed by atoms with Gasteiger partial charge in [0.2, 0.25) is 0 Å². The predicted molar refractivity (Wildman–Crippen MR) is 92.0 cm³/mol. The Labute approximate surface area is 136 Å². The predicted octanol–water partition coefficient (Wildman–Crippen LogP) is 4.24. The zero-order chi connectivity index (χ0) is 16.4. The van der Waals surface area contributed by atoms with Crippen LogP contribution in [0.3, 0.4) is 0 Å². The highest BCUT2D eigenvalue weighted by molar-refractivity contribution is 5.59. The van der Waals surface area contributed by atoms with E-state index in [4.69, 9.17) is 4.74 Å². The topological polar surface area (TPSA) is 39.9 Å². The quantitative estimate of drug-likeness (QED) is 0.726. The highest BCUT2D eigenvalue weighted by Crippen LogP contribution is 2.26. The van der Waals surface area contributed by atoms with Crippen LogP contribution in [0.2, 0.25) is 0 Å². The molecule has 0 bridgehead atoms. The fraction of sp³-hybridized carbons (Fsp3) is 0.263. The number of rotatable bonds is 3. The highest BCUT2D eigenvalue weighted by Gasteiger charge is 2.15. The number of ether oxygens (including phenoxy) is 1. The summed E-state index contributed by atoms with van der Waals surface area (Å²) in [5.41, 5.74) is 3.41. The first-order valence-electron chi connectivity index (χ1n) is 7.64. The molecular formula is C19H21N3O. The summed E-state index contributed by atoms with van der Waals surface area (Å²) in [6, 6.07) is 16.3. The summed E-state index contributed by atoms with van der Waals surface area (Å²) >= 11 is 0. The Morgan fingerprint density at radius 1 is 1.00 bits per heavy atom. The molecule has 0 spiro atoms. The molecule has 118 valence electrons. The molecule has 0 amide bonds. The molecule has 1 aromatic heterocycles. The molecule has 0 fully saturated rings. The van der Waals surface area contributed by atoms with Gasteiger partial charge in [0.05, 0.1) is 12.8 Å². The Morgan fingerprint density at radius 2 is 1.74 bits per heavy atom. The molecule has 1 heterocycles. The van der Waals surface area contributed by atoms with Crippen molar-refractivity contribution in [2.75, 3.05) is 7.11 Å². The Kier molecular flexibility index (Phi) is 3.90. The Bertz CT molecular complexity index is 798. The van der Waals surface area contributed by atoms with Crippen LogP contribution in [-0.2, 0) is 5.41 Å². The van der Waals surface area contributed by atoms with Gasteiger partial charge >= 0.3 is 0 Å². The second kappa shape index (κ2) is 5.88. The van der Waals surface area contributed by atoms with Gasteiger partial charge in [-0.25, -0.2) is 9.67 Å². The number of benzene rings is 2. The molecule has 0 aliphatic rings. The number of methoxy groups -OCH3 is 1. The largest absolute Gasteiger partial charge is 0.497 e. The standard InChI is InChI=1S/C19H21N3O/c1-19(2,3)15-10-8-14(9-11-15)18-20-13-21-22(18)16-6-5-7-17(12-16)23-4/h5-13H,1-4H3. The van der Waals surface area contributed by atoms with Crippen LogP contribution in [-0.4, -0.2) is 21.9 Å². The minimum absolute atomic E-state index is 0.138. The molecule has 0 aliphatic carbocycles. The van der Waals surface area contributed by atoms with E-state index >= 15 is 0 Å². The number of nitrogens with zero attached hydrogens (tertiary/aromatic N) is 3. The lowest BCUT2D eigenvalue weighted by Gasteiger charge is -2.19. The summed E-state index contributed by atoms with van der Waals surface area (Å²) in [4.78, 5) is 4.42. The smallest absolute Gasteiger partial charge is 0.163 e. The van der Waals surface area contributed by atoms with Crippen LogP contribution in [0.25, 0.3) is 17.1 Å². The summed E-state index contributed by atoms with van der Waals surface area (Å²) in [7, 11) is 1.66. The van der Waals surface area contributed by atoms with Crippen LogP contribution < -0.4 is 4.74 Å². The van der Waals surface area contributed by atoms with Crippen molar-refractivity contribution < 1.29 is 4.74 Å². The molecule has 2 aromatic carbocycles. The number of aromatic nitrogens is 3. The Morgan fingerprint density at radius 3 is 2.39 bits per heavy atom. The van der Waals surface area contributed by atoms with Crippen LogP contribution in [0, 0.1) is 0 Å². The average molecular weight is 307 g/mol. The highest BCUT2D eigenvalue weighted by atomic mass is 16.5. The van der Waals surface area contributed by atoms with E-state index in [1.54, 1.807) is 13.4 Å². The third kappa shape index (κ3) is 3.11. The third-order valence-electron chi connectivity index (χ3n) is 3.85. The van der Waals surface area contributed by atoms with Gasteiger partial charge in [-0.05, 0) is 23.1 Å². The van der Waals surface area contributed by atoms with E-state index in [-0.39, 0.29) is 5.41 Å². The molecule has 0 saturated carbocycles. The SMILES string of the molecule is COc1cccc(-n2ncnc2-c2ccc(C(C)(C)C)cc2)c1. The summed E-state index contributed by atoms with van der Waals surface area (Å²) < 4.78 is 7.12. The first kappa shape index (κ1) is 15.3. The molecule has 0 N–H and O–H groups in total. The summed E-state index contributed by atoms with van der Waals surface area (Å²) in [6.45, 7) is 6.63. The van der Waals surface area contributed by atoms with Gasteiger partial charge in [-0.3, -0.25) is 0 Å². The summed E-state index contributed by atoms with van der Waals surface area (Å²) in [5, 5.41) is 4.36. The van der Waals surface area contributed by atoms with E-state index in [0.717, 1.165) is 22.8 Å². The molecule has 3 aromatic rings. The van der Waals surface area contributed by atoms with Crippen molar-refractivity contribution in [3.05, 3.63) is 60.4 Å². The summed E-state index contributed by atoms with van der Waals surface area (Å²) in [5.74, 6) is 1.62. The molecule has 3 rings (SSSR count). The first-order valence-corrected chi connectivity index (χ1v) is 7.64. The molecule has 0 atom stereocenters. The number of hydrogen-bond acceptors (Lipinski definition) is 3. The van der Waals surface area contributed by atoms with Gasteiger partial charge in [0.15, 0.2) is 5.82 Å². The molecule has 4 nitrogen and oxygen atoms in total. The lowest BCUT2D eigenvalue weighted by molar-refractivity contribution is 0.414. The van der Waals surface area contributed by atoms with Crippen molar-refractivity contribution in [1.82, 2.24) is 14.8 Å². The molecule has 0 aliphatic heterocycles. The van der Waals surface area contributed by atoms with Crippen LogP contribution >= 0.6 is 0 Å². The minimum atomic E-state index is 0.138. The fourth-order valence-corrected chi connectivity index (χ4v) is 2.49. The van der Waals surface area contributed by atoms with Crippen molar-refractivity contribution in [3.63, 3.8) is 0 Å². The van der Waals surface area contributed by atoms with Crippen molar-refractivity contribution >= 4 is 0 Å². The summed E-state index contributed by atoms with van der Waals surface area (Å²) in [6.07, 6.45) is 1.58. The maximum Gasteiger partial charge on any atom is 0.163 e. The van der Waals surface area contributed by atoms with Gasteiger partial charge in [0, 0.05) is 11.6 Å². The van der Waals surface area contributed by atoms with E-state index < -0.39 is 0 Å². The molecular weight excluding hydrogens is 286 g/mol. The van der Waals surface area contributed by atoms with Crippen molar-refractivity contribution in [2.24, 2.45) is 0 Å². The lowest BCUT2D eigenvalue weighted by Crippen LogP contribution is -2.10. The van der Waals surface area contributed by atoms with Crippen LogP contribution in [0.5, 0.6) is 5.75 Å². The van der Waals surface area contributed by atoms with E-state index in [1.165, 1.54) is 5.56 Å². The van der Waals surface area contributed by atoms with Gasteiger partial charge < -0.3 is 4.74 Å². The first-order chi connectivity index (χ1) is 11.0. The Balaban J connectivity index is 2.01.